The van der Waals surface area contributed by atoms with Crippen LogP contribution in [0.25, 0.3) is 0 Å². The van der Waals surface area contributed by atoms with Gasteiger partial charge in [-0.05, 0) is 29.7 Å². The maximum atomic E-state index is 6.06. The van der Waals surface area contributed by atoms with E-state index in [1.54, 1.807) is 0 Å². The fraction of sp³-hybridized carbons (Fsp3) is 0.294. The second-order valence-electron chi connectivity index (χ2n) is 4.49. The van der Waals surface area contributed by atoms with Crippen LogP contribution in [0.1, 0.15) is 30.6 Å². The van der Waals surface area contributed by atoms with Crippen molar-refractivity contribution >= 4 is 11.6 Å². The SMILES string of the molecule is CCc1ccc(OC(CCCl)c2ccccc2)cc1. The summed E-state index contributed by atoms with van der Waals surface area (Å²) < 4.78 is 6.06. The van der Waals surface area contributed by atoms with Crippen molar-refractivity contribution in [3.05, 3.63) is 65.7 Å². The van der Waals surface area contributed by atoms with Crippen LogP contribution in [-0.4, -0.2) is 5.88 Å². The molecule has 2 rings (SSSR count). The molecule has 0 aliphatic heterocycles. The van der Waals surface area contributed by atoms with Gasteiger partial charge in [-0.15, -0.1) is 11.6 Å². The number of alkyl halides is 1. The summed E-state index contributed by atoms with van der Waals surface area (Å²) in [4.78, 5) is 0. The van der Waals surface area contributed by atoms with Gasteiger partial charge in [-0.3, -0.25) is 0 Å². The van der Waals surface area contributed by atoms with Gasteiger partial charge in [0.1, 0.15) is 11.9 Å². The number of hydrogen-bond donors (Lipinski definition) is 0. The summed E-state index contributed by atoms with van der Waals surface area (Å²) in [5.74, 6) is 1.49. The van der Waals surface area contributed by atoms with Crippen molar-refractivity contribution in [2.45, 2.75) is 25.9 Å². The molecule has 2 aromatic carbocycles. The fourth-order valence-corrected chi connectivity index (χ4v) is 2.23. The van der Waals surface area contributed by atoms with Crippen LogP contribution >= 0.6 is 11.6 Å². The minimum Gasteiger partial charge on any atom is -0.486 e. The lowest BCUT2D eigenvalue weighted by molar-refractivity contribution is 0.202. The van der Waals surface area contributed by atoms with E-state index in [2.05, 4.69) is 31.2 Å². The van der Waals surface area contributed by atoms with Gasteiger partial charge in [0.25, 0.3) is 0 Å². The van der Waals surface area contributed by atoms with E-state index in [0.717, 1.165) is 18.6 Å². The Morgan fingerprint density at radius 3 is 2.26 bits per heavy atom. The van der Waals surface area contributed by atoms with E-state index in [4.69, 9.17) is 16.3 Å². The maximum Gasteiger partial charge on any atom is 0.125 e. The van der Waals surface area contributed by atoms with Gasteiger partial charge in [0, 0.05) is 12.3 Å². The third-order valence-electron chi connectivity index (χ3n) is 3.15. The molecule has 0 N–H and O–H groups in total. The number of aryl methyl sites for hydroxylation is 1. The van der Waals surface area contributed by atoms with E-state index in [9.17, 15) is 0 Å². The summed E-state index contributed by atoms with van der Waals surface area (Å²) in [6.07, 6.45) is 1.87. The highest BCUT2D eigenvalue weighted by Gasteiger charge is 2.12. The normalized spacial score (nSPS) is 12.1. The van der Waals surface area contributed by atoms with Gasteiger partial charge in [0.2, 0.25) is 0 Å². The highest BCUT2D eigenvalue weighted by atomic mass is 35.5. The van der Waals surface area contributed by atoms with E-state index in [1.807, 2.05) is 30.3 Å². The first kappa shape index (κ1) is 14.0. The van der Waals surface area contributed by atoms with Crippen LogP contribution in [-0.2, 0) is 6.42 Å². The number of halogens is 1. The number of hydrogen-bond acceptors (Lipinski definition) is 1. The molecule has 0 spiro atoms. The molecule has 0 amide bonds. The largest absolute Gasteiger partial charge is 0.486 e. The summed E-state index contributed by atoms with van der Waals surface area (Å²) in [6, 6.07) is 18.5. The lowest BCUT2D eigenvalue weighted by Gasteiger charge is -2.19. The molecule has 1 atom stereocenters. The summed E-state index contributed by atoms with van der Waals surface area (Å²) in [5.41, 5.74) is 2.49. The Kier molecular flexibility index (Phi) is 5.29. The third-order valence-corrected chi connectivity index (χ3v) is 3.37. The minimum atomic E-state index is 0.0196. The van der Waals surface area contributed by atoms with Gasteiger partial charge < -0.3 is 4.74 Å². The standard InChI is InChI=1S/C17H19ClO/c1-2-14-8-10-16(11-9-14)19-17(12-13-18)15-6-4-3-5-7-15/h3-11,17H,2,12-13H2,1H3. The molecule has 0 aliphatic rings. The third kappa shape index (κ3) is 4.00. The van der Waals surface area contributed by atoms with E-state index >= 15 is 0 Å². The Balaban J connectivity index is 2.11. The monoisotopic (exact) mass is 274 g/mol. The van der Waals surface area contributed by atoms with Gasteiger partial charge in [0.15, 0.2) is 0 Å². The average molecular weight is 275 g/mol. The Hall–Kier alpha value is -1.47. The quantitative estimate of drug-likeness (QED) is 0.674. The topological polar surface area (TPSA) is 9.23 Å². The molecule has 0 aliphatic carbocycles. The first-order valence-corrected chi connectivity index (χ1v) is 7.23. The van der Waals surface area contributed by atoms with E-state index in [0.29, 0.717) is 5.88 Å². The second-order valence-corrected chi connectivity index (χ2v) is 4.87. The molecule has 19 heavy (non-hydrogen) atoms. The van der Waals surface area contributed by atoms with E-state index in [1.165, 1.54) is 11.1 Å². The number of benzene rings is 2. The first-order valence-electron chi connectivity index (χ1n) is 6.70. The molecule has 0 saturated carbocycles. The Morgan fingerprint density at radius 1 is 1.00 bits per heavy atom. The predicted octanol–water partition coefficient (Wildman–Crippen LogP) is 5.00. The van der Waals surface area contributed by atoms with Crippen LogP contribution < -0.4 is 4.74 Å². The molecule has 100 valence electrons. The van der Waals surface area contributed by atoms with E-state index < -0.39 is 0 Å². The Labute approximate surface area is 120 Å². The van der Waals surface area contributed by atoms with Gasteiger partial charge in [-0.2, -0.15) is 0 Å². The van der Waals surface area contributed by atoms with Crippen LogP contribution in [0, 0.1) is 0 Å². The molecule has 0 bridgehead atoms. The van der Waals surface area contributed by atoms with Crippen molar-refractivity contribution in [1.82, 2.24) is 0 Å². The fourth-order valence-electron chi connectivity index (χ4n) is 2.03. The summed E-state index contributed by atoms with van der Waals surface area (Å²) >= 11 is 5.88. The van der Waals surface area contributed by atoms with Crippen molar-refractivity contribution in [3.8, 4) is 5.75 Å². The van der Waals surface area contributed by atoms with Crippen molar-refractivity contribution in [1.29, 1.82) is 0 Å². The molecule has 0 fully saturated rings. The molecule has 0 radical (unpaired) electrons. The minimum absolute atomic E-state index is 0.0196. The van der Waals surface area contributed by atoms with Crippen LogP contribution in [0.4, 0.5) is 0 Å². The van der Waals surface area contributed by atoms with Gasteiger partial charge >= 0.3 is 0 Å². The van der Waals surface area contributed by atoms with Crippen molar-refractivity contribution in [2.75, 3.05) is 5.88 Å². The lowest BCUT2D eigenvalue weighted by atomic mass is 10.1. The highest BCUT2D eigenvalue weighted by molar-refractivity contribution is 6.17. The molecule has 1 unspecified atom stereocenters. The van der Waals surface area contributed by atoms with Crippen molar-refractivity contribution in [2.24, 2.45) is 0 Å². The molecule has 2 aromatic rings. The zero-order chi connectivity index (χ0) is 13.5. The van der Waals surface area contributed by atoms with Crippen molar-refractivity contribution in [3.63, 3.8) is 0 Å². The summed E-state index contributed by atoms with van der Waals surface area (Å²) in [7, 11) is 0. The first-order chi connectivity index (χ1) is 9.33. The van der Waals surface area contributed by atoms with Crippen LogP contribution in [0.2, 0.25) is 0 Å². The van der Waals surface area contributed by atoms with Crippen molar-refractivity contribution < 1.29 is 4.74 Å². The van der Waals surface area contributed by atoms with Crippen LogP contribution in [0.15, 0.2) is 54.6 Å². The molecule has 1 nitrogen and oxygen atoms in total. The zero-order valence-electron chi connectivity index (χ0n) is 11.2. The Morgan fingerprint density at radius 2 is 1.68 bits per heavy atom. The van der Waals surface area contributed by atoms with Crippen LogP contribution in [0.3, 0.4) is 0 Å². The Bertz CT molecular complexity index is 478. The molecule has 0 heterocycles. The maximum absolute atomic E-state index is 6.06. The average Bonchev–Trinajstić information content (AvgIpc) is 2.48. The van der Waals surface area contributed by atoms with Crippen LogP contribution in [0.5, 0.6) is 5.75 Å². The second kappa shape index (κ2) is 7.20. The smallest absolute Gasteiger partial charge is 0.125 e. The highest BCUT2D eigenvalue weighted by Crippen LogP contribution is 2.25. The van der Waals surface area contributed by atoms with Gasteiger partial charge in [-0.25, -0.2) is 0 Å². The summed E-state index contributed by atoms with van der Waals surface area (Å²) in [6.45, 7) is 2.15. The lowest BCUT2D eigenvalue weighted by Crippen LogP contribution is -2.08. The molecule has 2 heteroatoms. The van der Waals surface area contributed by atoms with Gasteiger partial charge in [0.05, 0.1) is 0 Å². The summed E-state index contributed by atoms with van der Waals surface area (Å²) in [5, 5.41) is 0. The molecule has 0 saturated heterocycles. The van der Waals surface area contributed by atoms with E-state index in [-0.39, 0.29) is 6.10 Å². The zero-order valence-corrected chi connectivity index (χ0v) is 11.9. The number of rotatable bonds is 6. The molecule has 0 aromatic heterocycles. The molecular weight excluding hydrogens is 256 g/mol. The molecular formula is C17H19ClO. The predicted molar refractivity (Wildman–Crippen MR) is 81.0 cm³/mol. The van der Waals surface area contributed by atoms with Gasteiger partial charge in [-0.1, -0.05) is 49.4 Å². The number of ether oxygens (including phenoxy) is 1.